The van der Waals surface area contributed by atoms with Crippen molar-refractivity contribution < 1.29 is 33.3 Å². The quantitative estimate of drug-likeness (QED) is 0.0694. The maximum Gasteiger partial charge on any atom is 0.313 e. The Morgan fingerprint density at radius 3 is 2.64 bits per heavy atom. The van der Waals surface area contributed by atoms with Gasteiger partial charge in [0.1, 0.15) is 13.1 Å². The van der Waals surface area contributed by atoms with Gasteiger partial charge < -0.3 is 28.5 Å². The van der Waals surface area contributed by atoms with Crippen molar-refractivity contribution >= 4 is 20.3 Å². The second-order valence-corrected chi connectivity index (χ2v) is 19.4. The van der Waals surface area contributed by atoms with Crippen molar-refractivity contribution in [3.05, 3.63) is 47.0 Å². The molecule has 7 atom stereocenters. The van der Waals surface area contributed by atoms with E-state index in [1.54, 1.807) is 0 Å². The van der Waals surface area contributed by atoms with E-state index in [2.05, 4.69) is 31.8 Å². The molecule has 232 valence electrons. The lowest BCUT2D eigenvalue weighted by Gasteiger charge is -2.59. The zero-order valence-corrected chi connectivity index (χ0v) is 27.0. The summed E-state index contributed by atoms with van der Waals surface area (Å²) in [6.45, 7) is 11.0. The van der Waals surface area contributed by atoms with E-state index in [1.807, 2.05) is 25.1 Å². The molecule has 4 aliphatic rings. The van der Waals surface area contributed by atoms with Gasteiger partial charge in [0, 0.05) is 32.4 Å². The Morgan fingerprint density at radius 1 is 1.12 bits per heavy atom. The number of fused-ring (bicyclic) bond motifs is 3. The number of carbonyl (C=O) groups excluding carboxylic acids is 2. The minimum atomic E-state index is -1.25. The van der Waals surface area contributed by atoms with Gasteiger partial charge >= 0.3 is 5.97 Å². The van der Waals surface area contributed by atoms with Gasteiger partial charge in [-0.15, -0.1) is 0 Å². The molecule has 3 aliphatic carbocycles. The van der Waals surface area contributed by atoms with Crippen molar-refractivity contribution in [3.8, 4) is 0 Å². The first-order valence-corrected chi connectivity index (χ1v) is 19.8. The molecule has 1 aromatic carbocycles. The monoisotopic (exact) mass is 598 g/mol. The summed E-state index contributed by atoms with van der Waals surface area (Å²) in [5.74, 6) is -1.25. The maximum atomic E-state index is 14.1. The van der Waals surface area contributed by atoms with Crippen LogP contribution >= 0.6 is 0 Å². The average Bonchev–Trinajstić information content (AvgIpc) is 2.99. The number of rotatable bonds is 12. The van der Waals surface area contributed by atoms with Crippen molar-refractivity contribution in [2.24, 2.45) is 23.2 Å². The third kappa shape index (κ3) is 6.63. The topological polar surface area (TPSA) is 80.3 Å². The van der Waals surface area contributed by atoms with Gasteiger partial charge in [0.2, 0.25) is 0 Å². The van der Waals surface area contributed by atoms with E-state index in [1.165, 1.54) is 11.1 Å². The van der Waals surface area contributed by atoms with Crippen LogP contribution in [0.4, 0.5) is 0 Å². The molecule has 0 bridgehead atoms. The molecule has 0 spiro atoms. The highest BCUT2D eigenvalue weighted by Gasteiger charge is 2.67. The highest BCUT2D eigenvalue weighted by atomic mass is 28.3. The summed E-state index contributed by atoms with van der Waals surface area (Å²) in [6, 6.07) is 11.2. The normalized spacial score (nSPS) is 32.9. The lowest BCUT2D eigenvalue weighted by Crippen LogP contribution is -2.67. The first-order chi connectivity index (χ1) is 20.3. The molecule has 0 saturated heterocycles. The molecule has 0 radical (unpaired) electrons. The summed E-state index contributed by atoms with van der Waals surface area (Å²) in [4.78, 5) is 27.3. The van der Waals surface area contributed by atoms with Gasteiger partial charge in [-0.25, -0.2) is 0 Å². The van der Waals surface area contributed by atoms with Crippen LogP contribution in [0.15, 0.2) is 41.5 Å². The van der Waals surface area contributed by atoms with Crippen LogP contribution in [0.2, 0.25) is 25.7 Å². The second-order valence-electron chi connectivity index (χ2n) is 13.8. The third-order valence-corrected chi connectivity index (χ3v) is 11.8. The molecular weight excluding hydrogens is 548 g/mol. The number of esters is 1. The van der Waals surface area contributed by atoms with Gasteiger partial charge in [0.05, 0.1) is 43.5 Å². The number of benzene rings is 1. The van der Waals surface area contributed by atoms with Crippen LogP contribution in [-0.4, -0.2) is 65.3 Å². The molecule has 2 saturated carbocycles. The van der Waals surface area contributed by atoms with Crippen LogP contribution in [0.3, 0.4) is 0 Å². The summed E-state index contributed by atoms with van der Waals surface area (Å²) < 4.78 is 31.5. The van der Waals surface area contributed by atoms with Crippen LogP contribution in [0.1, 0.15) is 57.4 Å². The summed E-state index contributed by atoms with van der Waals surface area (Å²) in [5.41, 5.74) is 2.78. The Bertz CT molecular complexity index is 1100. The van der Waals surface area contributed by atoms with Gasteiger partial charge in [-0.05, 0) is 69.1 Å². The van der Waals surface area contributed by atoms with Gasteiger partial charge in [-0.1, -0.05) is 55.5 Å². The minimum absolute atomic E-state index is 0.0615. The SMILES string of the molecule is CCOC(=O)[C@]12CC[C@H](OCc3ccccc3)C[C@@H]1[C@@H](OCOCC[Si](C)(C)C)[C@H]1OCC3=C(CCCC3)C1[C@H]2C=O. The molecule has 8 heteroatoms. The van der Waals surface area contributed by atoms with Crippen molar-refractivity contribution in [3.63, 3.8) is 0 Å². The van der Waals surface area contributed by atoms with Gasteiger partial charge in [0.25, 0.3) is 0 Å². The molecule has 1 aromatic rings. The molecule has 7 nitrogen and oxygen atoms in total. The molecule has 0 amide bonds. The standard InChI is InChI=1S/C34H50O7Si/c1-5-38-33(36)34-16-15-26(39-21-24-11-7-6-8-12-24)19-28(34)31(41-23-37-17-18-42(2,3)4)32-30(29(34)20-35)27-14-10-9-13-25(27)22-40-32/h6-8,11-12,20,26,28-32H,5,9-10,13-19,21-23H2,1-4H3/t26-,28+,29+,30?,31+,32-,34+/m0/s1. The number of ether oxygens (including phenoxy) is 5. The summed E-state index contributed by atoms with van der Waals surface area (Å²) in [5, 5.41) is 0. The highest BCUT2D eigenvalue weighted by Crippen LogP contribution is 2.60. The zero-order chi connectivity index (χ0) is 29.7. The van der Waals surface area contributed by atoms with E-state index >= 15 is 0 Å². The Kier molecular flexibility index (Phi) is 10.4. The molecule has 42 heavy (non-hydrogen) atoms. The molecule has 0 N–H and O–H groups in total. The minimum Gasteiger partial charge on any atom is -0.466 e. The van der Waals surface area contributed by atoms with Gasteiger partial charge in [-0.2, -0.15) is 0 Å². The van der Waals surface area contributed by atoms with Crippen molar-refractivity contribution in [2.75, 3.05) is 26.6 Å². The van der Waals surface area contributed by atoms with Crippen LogP contribution in [-0.2, 0) is 39.9 Å². The molecule has 0 aromatic heterocycles. The lowest BCUT2D eigenvalue weighted by molar-refractivity contribution is -0.244. The Morgan fingerprint density at radius 2 is 1.90 bits per heavy atom. The number of aldehydes is 1. The number of carbonyl (C=O) groups is 2. The average molecular weight is 599 g/mol. The van der Waals surface area contributed by atoms with Crippen LogP contribution in [0, 0.1) is 23.2 Å². The fourth-order valence-electron chi connectivity index (χ4n) is 7.94. The van der Waals surface area contributed by atoms with E-state index in [0.29, 0.717) is 39.1 Å². The number of hydrogen-bond donors (Lipinski definition) is 0. The predicted octanol–water partition coefficient (Wildman–Crippen LogP) is 6.33. The second kappa shape index (κ2) is 13.9. The summed E-state index contributed by atoms with van der Waals surface area (Å²) in [6.07, 6.45) is 6.30. The van der Waals surface area contributed by atoms with Crippen LogP contribution in [0.5, 0.6) is 0 Å². The molecular formula is C34H50O7Si. The highest BCUT2D eigenvalue weighted by molar-refractivity contribution is 6.76. The van der Waals surface area contributed by atoms with Gasteiger partial charge in [0.15, 0.2) is 0 Å². The molecule has 5 rings (SSSR count). The Hall–Kier alpha value is -1.84. The zero-order valence-electron chi connectivity index (χ0n) is 26.0. The largest absolute Gasteiger partial charge is 0.466 e. The van der Waals surface area contributed by atoms with E-state index in [-0.39, 0.29) is 43.4 Å². The van der Waals surface area contributed by atoms with Gasteiger partial charge in [-0.3, -0.25) is 4.79 Å². The summed E-state index contributed by atoms with van der Waals surface area (Å²) in [7, 11) is -1.25. The molecule has 1 heterocycles. The lowest BCUT2D eigenvalue weighted by atomic mass is 9.48. The van der Waals surface area contributed by atoms with Crippen LogP contribution in [0.25, 0.3) is 0 Å². The van der Waals surface area contributed by atoms with Crippen molar-refractivity contribution in [1.82, 2.24) is 0 Å². The maximum absolute atomic E-state index is 14.1. The smallest absolute Gasteiger partial charge is 0.313 e. The molecule has 1 unspecified atom stereocenters. The Labute approximate surface area is 252 Å². The van der Waals surface area contributed by atoms with Crippen molar-refractivity contribution in [1.29, 1.82) is 0 Å². The molecule has 2 fully saturated rings. The number of hydrogen-bond acceptors (Lipinski definition) is 7. The van der Waals surface area contributed by atoms with E-state index in [4.69, 9.17) is 23.7 Å². The van der Waals surface area contributed by atoms with E-state index in [0.717, 1.165) is 43.6 Å². The summed E-state index contributed by atoms with van der Waals surface area (Å²) >= 11 is 0. The molecule has 1 aliphatic heterocycles. The van der Waals surface area contributed by atoms with E-state index < -0.39 is 25.5 Å². The first kappa shape index (κ1) is 31.6. The third-order valence-electron chi connectivity index (χ3n) is 10.1. The first-order valence-electron chi connectivity index (χ1n) is 16.1. The Balaban J connectivity index is 1.47. The predicted molar refractivity (Wildman–Crippen MR) is 164 cm³/mol. The van der Waals surface area contributed by atoms with Crippen LogP contribution < -0.4 is 0 Å². The van der Waals surface area contributed by atoms with E-state index in [9.17, 15) is 9.59 Å². The fourth-order valence-corrected chi connectivity index (χ4v) is 8.70. The van der Waals surface area contributed by atoms with Crippen molar-refractivity contribution in [2.45, 2.75) is 102 Å². The fraction of sp³-hybridized carbons (Fsp3) is 0.706.